The van der Waals surface area contributed by atoms with Crippen LogP contribution in [0.3, 0.4) is 0 Å². The van der Waals surface area contributed by atoms with E-state index in [2.05, 4.69) is 11.2 Å². The van der Waals surface area contributed by atoms with Crippen molar-refractivity contribution in [3.8, 4) is 22.9 Å². The van der Waals surface area contributed by atoms with E-state index in [-0.39, 0.29) is 38.6 Å². The molecule has 0 amide bonds. The van der Waals surface area contributed by atoms with Gasteiger partial charge >= 0.3 is 38.5 Å². The zero-order valence-electron chi connectivity index (χ0n) is 13.5. The van der Waals surface area contributed by atoms with Crippen LogP contribution in [-0.4, -0.2) is 16.9 Å². The number of ether oxygens (including phenoxy) is 1. The van der Waals surface area contributed by atoms with E-state index >= 15 is 0 Å². The van der Waals surface area contributed by atoms with E-state index < -0.39 is 5.76 Å². The van der Waals surface area contributed by atoms with Crippen LogP contribution in [0.4, 0.5) is 0 Å². The minimum absolute atomic E-state index is 0. The van der Waals surface area contributed by atoms with Gasteiger partial charge in [0.05, 0.1) is 12.8 Å². The number of hydrogen-bond donors (Lipinski definition) is 0. The van der Waals surface area contributed by atoms with E-state index in [0.29, 0.717) is 22.0 Å². The molecule has 0 atom stereocenters. The molecule has 0 unspecified atom stereocenters. The smallest absolute Gasteiger partial charge is 0.553 e. The number of nitrogens with zero attached hydrogens (tertiary/aromatic N) is 2. The number of benzene rings is 2. The zero-order valence-corrected chi connectivity index (χ0v) is 17.1. The second-order valence-electron chi connectivity index (χ2n) is 5.12. The minimum Gasteiger partial charge on any atom is -0.553 e. The Bertz CT molecular complexity index is 934. The fourth-order valence-corrected chi connectivity index (χ4v) is 2.36. The number of methoxy groups -OCH3 is 1. The molecule has 5 nitrogen and oxygen atoms in total. The maximum Gasteiger partial charge on any atom is 3.00 e. The normalized spacial score (nSPS) is 10.3. The third-order valence-electron chi connectivity index (χ3n) is 3.61. The van der Waals surface area contributed by atoms with Crippen LogP contribution in [0.2, 0.25) is 5.02 Å². The van der Waals surface area contributed by atoms with Gasteiger partial charge in [0.1, 0.15) is 0 Å². The van der Waals surface area contributed by atoms with Crippen LogP contribution in [0.25, 0.3) is 17.1 Å². The Balaban J connectivity index is 0.00000208. The zero-order chi connectivity index (χ0) is 16.6. The maximum atomic E-state index is 12.1. The van der Waals surface area contributed by atoms with Gasteiger partial charge in [0.15, 0.2) is 0 Å². The Labute approximate surface area is 169 Å². The molecule has 0 N–H and O–H groups in total. The number of hydrogen-bond acceptors (Lipinski definition) is 4. The van der Waals surface area contributed by atoms with Gasteiger partial charge < -0.3 is 9.15 Å². The molecule has 0 bridgehead atoms. The van der Waals surface area contributed by atoms with Gasteiger partial charge in [-0.05, 0) is 42.7 Å². The Hall–Kier alpha value is -1.43. The standard InChI is InChI=1S/C17H14ClN2O3.Y/c1-10-4-6-13(8-11(10)2)20-17(21)23-16(19-20)14-9-12(18)5-7-15(14)22-3;/h4,6-9H,1-3H3;/q-1;+3. The van der Waals surface area contributed by atoms with Crippen molar-refractivity contribution in [1.82, 2.24) is 9.78 Å². The molecule has 7 heteroatoms. The van der Waals surface area contributed by atoms with Crippen molar-refractivity contribution >= 4 is 11.6 Å². The Morgan fingerprint density at radius 1 is 1.25 bits per heavy atom. The second-order valence-corrected chi connectivity index (χ2v) is 5.52. The number of aromatic nitrogens is 2. The van der Waals surface area contributed by atoms with Crippen LogP contribution >= 0.6 is 11.6 Å². The SMILES string of the molecule is COc1c[c-]c(Cl)cc1-c1nn(-c2ccc(C)c(C)c2)c(=O)o1.[Y+3]. The molecule has 1 aromatic heterocycles. The van der Waals surface area contributed by atoms with Gasteiger partial charge in [0.2, 0.25) is 5.89 Å². The van der Waals surface area contributed by atoms with E-state index in [1.165, 1.54) is 11.8 Å². The molecular formula is C17H14ClN2O3Y+2. The van der Waals surface area contributed by atoms with Gasteiger partial charge in [-0.3, -0.25) is 0 Å². The minimum atomic E-state index is -0.575. The molecule has 0 aliphatic carbocycles. The summed E-state index contributed by atoms with van der Waals surface area (Å²) in [4.78, 5) is 12.1. The van der Waals surface area contributed by atoms with E-state index in [4.69, 9.17) is 20.8 Å². The molecule has 0 spiro atoms. The van der Waals surface area contributed by atoms with Crippen molar-refractivity contribution in [2.75, 3.05) is 7.11 Å². The fraction of sp³-hybridized carbons (Fsp3) is 0.176. The Kier molecular flexibility index (Phi) is 6.02. The average Bonchev–Trinajstić information content (AvgIpc) is 2.92. The van der Waals surface area contributed by atoms with Crippen LogP contribution in [0.15, 0.2) is 39.5 Å². The van der Waals surface area contributed by atoms with Crippen LogP contribution in [-0.2, 0) is 32.7 Å². The van der Waals surface area contributed by atoms with Gasteiger partial charge in [-0.15, -0.1) is 28.8 Å². The second kappa shape index (κ2) is 7.64. The van der Waals surface area contributed by atoms with Crippen LogP contribution in [0.5, 0.6) is 5.75 Å². The third kappa shape index (κ3) is 3.63. The molecule has 1 heterocycles. The molecule has 0 saturated carbocycles. The van der Waals surface area contributed by atoms with E-state index in [1.54, 1.807) is 12.1 Å². The van der Waals surface area contributed by atoms with Gasteiger partial charge in [0, 0.05) is 5.75 Å². The van der Waals surface area contributed by atoms with Crippen LogP contribution in [0.1, 0.15) is 11.1 Å². The summed E-state index contributed by atoms with van der Waals surface area (Å²) in [5.74, 6) is 0.0399. The van der Waals surface area contributed by atoms with Crippen LogP contribution in [0, 0.1) is 19.9 Å². The molecule has 3 rings (SSSR count). The van der Waals surface area contributed by atoms with E-state index in [0.717, 1.165) is 11.1 Å². The Morgan fingerprint density at radius 3 is 2.67 bits per heavy atom. The summed E-state index contributed by atoms with van der Waals surface area (Å²) < 4.78 is 11.7. The summed E-state index contributed by atoms with van der Waals surface area (Å²) in [5.41, 5.74) is 3.34. The molecule has 2 aromatic carbocycles. The average molecular weight is 419 g/mol. The number of rotatable bonds is 3. The quantitative estimate of drug-likeness (QED) is 0.610. The van der Waals surface area contributed by atoms with Gasteiger partial charge in [-0.2, -0.15) is 10.7 Å². The van der Waals surface area contributed by atoms with Crippen LogP contribution < -0.4 is 10.5 Å². The molecule has 0 saturated heterocycles. The predicted molar refractivity (Wildman–Crippen MR) is 87.4 cm³/mol. The van der Waals surface area contributed by atoms with E-state index in [1.807, 2.05) is 32.0 Å². The monoisotopic (exact) mass is 418 g/mol. The number of halogens is 1. The molecular weight excluding hydrogens is 405 g/mol. The summed E-state index contributed by atoms with van der Waals surface area (Å²) in [6.45, 7) is 3.98. The first kappa shape index (κ1) is 18.9. The summed E-state index contributed by atoms with van der Waals surface area (Å²) >= 11 is 5.96. The molecule has 0 radical (unpaired) electrons. The molecule has 118 valence electrons. The first-order chi connectivity index (χ1) is 11.0. The van der Waals surface area contributed by atoms with Crippen molar-refractivity contribution in [2.24, 2.45) is 0 Å². The molecule has 3 aromatic rings. The van der Waals surface area contributed by atoms with E-state index in [9.17, 15) is 4.79 Å². The first-order valence-corrected chi connectivity index (χ1v) is 7.31. The predicted octanol–water partition coefficient (Wildman–Crippen LogP) is 3.57. The van der Waals surface area contributed by atoms with Crippen molar-refractivity contribution in [1.29, 1.82) is 0 Å². The molecule has 0 aliphatic rings. The maximum absolute atomic E-state index is 12.1. The van der Waals surface area contributed by atoms with Gasteiger partial charge in [-0.25, -0.2) is 4.79 Å². The largest absolute Gasteiger partial charge is 3.00 e. The summed E-state index contributed by atoms with van der Waals surface area (Å²) in [6.07, 6.45) is 0. The molecule has 0 fully saturated rings. The topological polar surface area (TPSA) is 57.3 Å². The summed E-state index contributed by atoms with van der Waals surface area (Å²) in [7, 11) is 1.51. The number of aryl methyl sites for hydroxylation is 2. The first-order valence-electron chi connectivity index (χ1n) is 6.93. The Morgan fingerprint density at radius 2 is 2.00 bits per heavy atom. The molecule has 0 aliphatic heterocycles. The van der Waals surface area contributed by atoms with Crippen molar-refractivity contribution in [3.63, 3.8) is 0 Å². The fourth-order valence-electron chi connectivity index (χ4n) is 2.20. The third-order valence-corrected chi connectivity index (χ3v) is 3.83. The van der Waals surface area contributed by atoms with Crippen molar-refractivity contribution in [2.45, 2.75) is 13.8 Å². The summed E-state index contributed by atoms with van der Waals surface area (Å²) in [5, 5.41) is 4.63. The van der Waals surface area contributed by atoms with Gasteiger partial charge in [-0.1, -0.05) is 11.1 Å². The van der Waals surface area contributed by atoms with Crippen molar-refractivity contribution < 1.29 is 41.9 Å². The molecule has 24 heavy (non-hydrogen) atoms. The van der Waals surface area contributed by atoms with Gasteiger partial charge in [0.25, 0.3) is 0 Å². The van der Waals surface area contributed by atoms with Crippen molar-refractivity contribution in [3.05, 3.63) is 63.1 Å². The summed E-state index contributed by atoms with van der Waals surface area (Å²) in [6, 6.07) is 11.6.